The lowest BCUT2D eigenvalue weighted by atomic mass is 10.1. The summed E-state index contributed by atoms with van der Waals surface area (Å²) < 4.78 is 38.9. The van der Waals surface area contributed by atoms with E-state index in [1.165, 1.54) is 19.2 Å². The number of hydrogen-bond donors (Lipinski definition) is 1. The molecule has 2 fully saturated rings. The summed E-state index contributed by atoms with van der Waals surface area (Å²) in [6.45, 7) is 3.38. The van der Waals surface area contributed by atoms with Crippen molar-refractivity contribution >= 4 is 21.6 Å². The van der Waals surface area contributed by atoms with E-state index in [2.05, 4.69) is 15.7 Å². The van der Waals surface area contributed by atoms with E-state index in [0.717, 1.165) is 37.2 Å². The van der Waals surface area contributed by atoms with Gasteiger partial charge >= 0.3 is 0 Å². The molecule has 2 aliphatic rings. The van der Waals surface area contributed by atoms with E-state index in [1.807, 2.05) is 18.2 Å². The van der Waals surface area contributed by atoms with E-state index in [0.29, 0.717) is 25.3 Å². The standard InChI is InChI=1S/C23H29N3O5S/c1-25(16-18-5-3-4-6-20(18)26-11-13-31-14-12-26)23(27)17-7-10-21(30-2)22(15-17)32(28,29)24-19-8-9-19/h3-7,10,15,19,24H,8-9,11-14,16H2,1-2H3. The molecule has 4 rings (SSSR count). The van der Waals surface area contributed by atoms with Gasteiger partial charge in [-0.15, -0.1) is 0 Å². The number of carbonyl (C=O) groups is 1. The molecule has 0 unspecified atom stereocenters. The first-order valence-corrected chi connectivity index (χ1v) is 12.2. The van der Waals surface area contributed by atoms with E-state index >= 15 is 0 Å². The second kappa shape index (κ2) is 9.48. The van der Waals surface area contributed by atoms with Crippen molar-refractivity contribution in [3.63, 3.8) is 0 Å². The Morgan fingerprint density at radius 3 is 2.59 bits per heavy atom. The molecule has 0 radical (unpaired) electrons. The van der Waals surface area contributed by atoms with E-state index < -0.39 is 10.0 Å². The molecule has 0 spiro atoms. The van der Waals surface area contributed by atoms with Crippen LogP contribution in [0.4, 0.5) is 5.69 Å². The highest BCUT2D eigenvalue weighted by atomic mass is 32.2. The summed E-state index contributed by atoms with van der Waals surface area (Å²) in [5, 5.41) is 0. The zero-order valence-corrected chi connectivity index (χ0v) is 19.2. The number of benzene rings is 2. The van der Waals surface area contributed by atoms with Crippen LogP contribution in [0.15, 0.2) is 47.4 Å². The first-order chi connectivity index (χ1) is 15.4. The summed E-state index contributed by atoms with van der Waals surface area (Å²) in [4.78, 5) is 17.0. The van der Waals surface area contributed by atoms with Gasteiger partial charge in [0.15, 0.2) is 0 Å². The fourth-order valence-corrected chi connectivity index (χ4v) is 5.31. The quantitative estimate of drug-likeness (QED) is 0.652. The number of carbonyl (C=O) groups excluding carboxylic acids is 1. The predicted octanol–water partition coefficient (Wildman–Crippen LogP) is 2.24. The topological polar surface area (TPSA) is 88.2 Å². The Morgan fingerprint density at radius 1 is 1.19 bits per heavy atom. The van der Waals surface area contributed by atoms with Gasteiger partial charge in [0.2, 0.25) is 10.0 Å². The molecule has 1 heterocycles. The average molecular weight is 460 g/mol. The molecule has 1 amide bonds. The third-order valence-electron chi connectivity index (χ3n) is 5.70. The molecule has 9 heteroatoms. The SMILES string of the molecule is COc1ccc(C(=O)N(C)Cc2ccccc2N2CCOCC2)cc1S(=O)(=O)NC1CC1. The van der Waals surface area contributed by atoms with Gasteiger partial charge in [0, 0.05) is 44.0 Å². The van der Waals surface area contributed by atoms with Crippen molar-refractivity contribution < 1.29 is 22.7 Å². The molecule has 1 saturated heterocycles. The van der Waals surface area contributed by atoms with E-state index in [-0.39, 0.29) is 22.6 Å². The van der Waals surface area contributed by atoms with Crippen LogP contribution in [-0.2, 0) is 21.3 Å². The molecule has 1 aliphatic heterocycles. The maximum atomic E-state index is 13.2. The van der Waals surface area contributed by atoms with E-state index in [1.54, 1.807) is 18.0 Å². The Balaban J connectivity index is 1.55. The third kappa shape index (κ3) is 5.06. The van der Waals surface area contributed by atoms with Gasteiger partial charge in [-0.3, -0.25) is 4.79 Å². The molecular formula is C23H29N3O5S. The molecule has 8 nitrogen and oxygen atoms in total. The lowest BCUT2D eigenvalue weighted by Crippen LogP contribution is -2.37. The van der Waals surface area contributed by atoms with Crippen LogP contribution in [0.3, 0.4) is 0 Å². The second-order valence-corrected chi connectivity index (χ2v) is 9.83. The lowest BCUT2D eigenvalue weighted by Gasteiger charge is -2.31. The Labute approximate surface area is 189 Å². The van der Waals surface area contributed by atoms with Gasteiger partial charge in [0.25, 0.3) is 5.91 Å². The summed E-state index contributed by atoms with van der Waals surface area (Å²) in [6.07, 6.45) is 1.65. The number of nitrogens with one attached hydrogen (secondary N) is 1. The Bertz CT molecular complexity index is 1080. The van der Waals surface area contributed by atoms with Crippen LogP contribution in [0.2, 0.25) is 0 Å². The van der Waals surface area contributed by atoms with Gasteiger partial charge in [-0.2, -0.15) is 0 Å². The van der Waals surface area contributed by atoms with Gasteiger partial charge in [-0.25, -0.2) is 13.1 Å². The average Bonchev–Trinajstić information content (AvgIpc) is 3.62. The normalized spacial score (nSPS) is 16.6. The fourth-order valence-electron chi connectivity index (χ4n) is 3.81. The molecule has 1 saturated carbocycles. The first kappa shape index (κ1) is 22.6. The van der Waals surface area contributed by atoms with Crippen LogP contribution < -0.4 is 14.4 Å². The fraction of sp³-hybridized carbons (Fsp3) is 0.435. The molecule has 32 heavy (non-hydrogen) atoms. The summed E-state index contributed by atoms with van der Waals surface area (Å²) in [5.41, 5.74) is 2.41. The maximum absolute atomic E-state index is 13.2. The predicted molar refractivity (Wildman–Crippen MR) is 122 cm³/mol. The number of nitrogens with zero attached hydrogens (tertiary/aromatic N) is 2. The zero-order chi connectivity index (χ0) is 22.7. The molecule has 2 aromatic carbocycles. The Kier molecular flexibility index (Phi) is 6.68. The van der Waals surface area contributed by atoms with Crippen LogP contribution in [-0.4, -0.2) is 65.7 Å². The van der Waals surface area contributed by atoms with Crippen molar-refractivity contribution in [2.75, 3.05) is 45.4 Å². The van der Waals surface area contributed by atoms with Gasteiger partial charge in [-0.1, -0.05) is 18.2 Å². The van der Waals surface area contributed by atoms with Crippen molar-refractivity contribution in [1.29, 1.82) is 0 Å². The number of rotatable bonds is 8. The Hall–Kier alpha value is -2.62. The maximum Gasteiger partial charge on any atom is 0.253 e. The van der Waals surface area contributed by atoms with Gasteiger partial charge in [0.05, 0.1) is 20.3 Å². The van der Waals surface area contributed by atoms with Gasteiger partial charge < -0.3 is 19.3 Å². The number of anilines is 1. The summed E-state index contributed by atoms with van der Waals surface area (Å²) >= 11 is 0. The van der Waals surface area contributed by atoms with Crippen LogP contribution in [0, 0.1) is 0 Å². The number of morpholine rings is 1. The van der Waals surface area contributed by atoms with Crippen LogP contribution >= 0.6 is 0 Å². The Morgan fingerprint density at radius 2 is 1.91 bits per heavy atom. The minimum atomic E-state index is -3.77. The summed E-state index contributed by atoms with van der Waals surface area (Å²) in [6, 6.07) is 12.5. The zero-order valence-electron chi connectivity index (χ0n) is 18.4. The number of amides is 1. The molecule has 1 aliphatic carbocycles. The van der Waals surface area contributed by atoms with Crippen LogP contribution in [0.1, 0.15) is 28.8 Å². The molecule has 0 atom stereocenters. The molecular weight excluding hydrogens is 430 g/mol. The van der Waals surface area contributed by atoms with Crippen LogP contribution in [0.25, 0.3) is 0 Å². The second-order valence-electron chi connectivity index (χ2n) is 8.15. The molecule has 0 aromatic heterocycles. The van der Waals surface area contributed by atoms with E-state index in [9.17, 15) is 13.2 Å². The number of methoxy groups -OCH3 is 1. The monoisotopic (exact) mass is 459 g/mol. The van der Waals surface area contributed by atoms with E-state index in [4.69, 9.17) is 9.47 Å². The minimum Gasteiger partial charge on any atom is -0.495 e. The minimum absolute atomic E-state index is 0.0140. The lowest BCUT2D eigenvalue weighted by molar-refractivity contribution is 0.0784. The largest absolute Gasteiger partial charge is 0.495 e. The smallest absolute Gasteiger partial charge is 0.253 e. The van der Waals surface area contributed by atoms with Crippen molar-refractivity contribution in [3.05, 3.63) is 53.6 Å². The summed E-state index contributed by atoms with van der Waals surface area (Å²) in [5.74, 6) is -0.0395. The highest BCUT2D eigenvalue weighted by molar-refractivity contribution is 7.89. The molecule has 2 aromatic rings. The highest BCUT2D eigenvalue weighted by Crippen LogP contribution is 2.29. The van der Waals surface area contributed by atoms with Crippen LogP contribution in [0.5, 0.6) is 5.75 Å². The number of para-hydroxylation sites is 1. The first-order valence-electron chi connectivity index (χ1n) is 10.8. The highest BCUT2D eigenvalue weighted by Gasteiger charge is 2.30. The number of sulfonamides is 1. The van der Waals surface area contributed by atoms with Crippen molar-refractivity contribution in [1.82, 2.24) is 9.62 Å². The molecule has 0 bridgehead atoms. The molecule has 172 valence electrons. The van der Waals surface area contributed by atoms with Crippen molar-refractivity contribution in [2.24, 2.45) is 0 Å². The van der Waals surface area contributed by atoms with Crippen molar-refractivity contribution in [3.8, 4) is 5.75 Å². The molecule has 1 N–H and O–H groups in total. The van der Waals surface area contributed by atoms with Gasteiger partial charge in [-0.05, 0) is 42.7 Å². The van der Waals surface area contributed by atoms with Crippen molar-refractivity contribution in [2.45, 2.75) is 30.3 Å². The summed E-state index contributed by atoms with van der Waals surface area (Å²) in [7, 11) is -0.626. The third-order valence-corrected chi connectivity index (χ3v) is 7.24. The number of hydrogen-bond acceptors (Lipinski definition) is 6. The number of ether oxygens (including phenoxy) is 2. The van der Waals surface area contributed by atoms with Gasteiger partial charge in [0.1, 0.15) is 10.6 Å².